The second-order valence-corrected chi connectivity index (χ2v) is 6.74. The molecule has 6 heteroatoms. The van der Waals surface area contributed by atoms with Gasteiger partial charge in [-0.3, -0.25) is 9.00 Å². The summed E-state index contributed by atoms with van der Waals surface area (Å²) in [5, 5.41) is 3.11. The van der Waals surface area contributed by atoms with Gasteiger partial charge in [-0.2, -0.15) is 0 Å². The van der Waals surface area contributed by atoms with Gasteiger partial charge in [0.25, 0.3) is 5.91 Å². The molecule has 2 atom stereocenters. The molecule has 1 aromatic heterocycles. The number of rotatable bonds is 5. The molecule has 1 rings (SSSR count). The first-order chi connectivity index (χ1) is 8.79. The van der Waals surface area contributed by atoms with E-state index >= 15 is 0 Å². The molecule has 0 aliphatic carbocycles. The third kappa shape index (κ3) is 5.28. The van der Waals surface area contributed by atoms with Crippen LogP contribution >= 0.6 is 11.6 Å². The second-order valence-electron chi connectivity index (χ2n) is 4.87. The molecular formula is C13H19ClN2O2S. The maximum absolute atomic E-state index is 12.1. The zero-order valence-electron chi connectivity index (χ0n) is 11.6. The topological polar surface area (TPSA) is 59.1 Å². The number of carbonyl (C=O) groups is 1. The Balaban J connectivity index is 2.85. The van der Waals surface area contributed by atoms with Crippen LogP contribution in [0.5, 0.6) is 0 Å². The van der Waals surface area contributed by atoms with E-state index in [1.54, 1.807) is 18.4 Å². The lowest BCUT2D eigenvalue weighted by molar-refractivity contribution is 0.0943. The minimum absolute atomic E-state index is 0.146. The average Bonchev–Trinajstić information content (AvgIpc) is 2.26. The Bertz CT molecular complexity index is 492. The van der Waals surface area contributed by atoms with Gasteiger partial charge in [0, 0.05) is 40.1 Å². The number of amides is 1. The van der Waals surface area contributed by atoms with Gasteiger partial charge >= 0.3 is 0 Å². The summed E-state index contributed by atoms with van der Waals surface area (Å²) in [7, 11) is -0.938. The molecule has 0 bridgehead atoms. The van der Waals surface area contributed by atoms with E-state index < -0.39 is 10.8 Å². The lowest BCUT2D eigenvalue weighted by Gasteiger charge is -2.13. The molecule has 0 aromatic carbocycles. The van der Waals surface area contributed by atoms with Crippen molar-refractivity contribution in [2.24, 2.45) is 0 Å². The molecule has 4 nitrogen and oxygen atoms in total. The maximum Gasteiger partial charge on any atom is 0.251 e. The largest absolute Gasteiger partial charge is 0.349 e. The molecule has 0 fully saturated rings. The molecule has 0 spiro atoms. The van der Waals surface area contributed by atoms with Gasteiger partial charge in [0.15, 0.2) is 0 Å². The van der Waals surface area contributed by atoms with Crippen molar-refractivity contribution in [1.82, 2.24) is 10.3 Å². The molecule has 1 aromatic rings. The van der Waals surface area contributed by atoms with Crippen molar-refractivity contribution in [2.45, 2.75) is 32.7 Å². The molecule has 0 aliphatic heterocycles. The molecule has 106 valence electrons. The number of nitrogens with one attached hydrogen (secondary N) is 1. The van der Waals surface area contributed by atoms with E-state index in [1.165, 1.54) is 0 Å². The number of nitrogens with zero attached hydrogens (tertiary/aromatic N) is 1. The molecule has 0 aliphatic rings. The summed E-state index contributed by atoms with van der Waals surface area (Å²) < 4.78 is 11.1. The molecule has 2 unspecified atom stereocenters. The highest BCUT2D eigenvalue weighted by Gasteiger charge is 2.14. The summed E-state index contributed by atoms with van der Waals surface area (Å²) in [5.41, 5.74) is 1.27. The second kappa shape index (κ2) is 7.01. The smallest absolute Gasteiger partial charge is 0.251 e. The van der Waals surface area contributed by atoms with Crippen LogP contribution in [0.1, 0.15) is 42.7 Å². The Morgan fingerprint density at radius 3 is 2.58 bits per heavy atom. The minimum atomic E-state index is -0.938. The van der Waals surface area contributed by atoms with Crippen molar-refractivity contribution in [3.63, 3.8) is 0 Å². The normalized spacial score (nSPS) is 14.2. The van der Waals surface area contributed by atoms with Gasteiger partial charge < -0.3 is 5.32 Å². The van der Waals surface area contributed by atoms with Crippen LogP contribution in [0.15, 0.2) is 12.1 Å². The van der Waals surface area contributed by atoms with Crippen molar-refractivity contribution >= 4 is 28.3 Å². The summed E-state index contributed by atoms with van der Waals surface area (Å²) in [6.45, 7) is 5.80. The lowest BCUT2D eigenvalue weighted by Crippen LogP contribution is -2.36. The van der Waals surface area contributed by atoms with Crippen LogP contribution in [0.3, 0.4) is 0 Å². The van der Waals surface area contributed by atoms with Crippen LogP contribution in [0.2, 0.25) is 5.15 Å². The predicted molar refractivity (Wildman–Crippen MR) is 79.2 cm³/mol. The fraction of sp³-hybridized carbons (Fsp3) is 0.538. The number of halogens is 1. The Hall–Kier alpha value is -0.940. The van der Waals surface area contributed by atoms with Crippen LogP contribution < -0.4 is 5.32 Å². The van der Waals surface area contributed by atoms with E-state index in [9.17, 15) is 9.00 Å². The van der Waals surface area contributed by atoms with Gasteiger partial charge in [-0.15, -0.1) is 0 Å². The van der Waals surface area contributed by atoms with E-state index in [2.05, 4.69) is 10.3 Å². The molecule has 0 radical (unpaired) electrons. The first kappa shape index (κ1) is 16.1. The van der Waals surface area contributed by atoms with Gasteiger partial charge in [-0.1, -0.05) is 25.4 Å². The standard InChI is InChI=1S/C13H19ClN2O2S/c1-8(2)11-5-10(6-12(14)16-11)13(17)15-9(3)7-19(4)18/h5-6,8-9H,7H2,1-4H3,(H,15,17). The number of pyridine rings is 1. The zero-order chi connectivity index (χ0) is 14.6. The summed E-state index contributed by atoms with van der Waals surface area (Å²) in [5.74, 6) is 0.414. The minimum Gasteiger partial charge on any atom is -0.349 e. The van der Waals surface area contributed by atoms with Crippen molar-refractivity contribution in [3.8, 4) is 0 Å². The first-order valence-corrected chi connectivity index (χ1v) is 8.18. The molecular weight excluding hydrogens is 284 g/mol. The van der Waals surface area contributed by atoms with Crippen LogP contribution in [0.4, 0.5) is 0 Å². The quantitative estimate of drug-likeness (QED) is 0.849. The number of hydrogen-bond acceptors (Lipinski definition) is 3. The van der Waals surface area contributed by atoms with Crippen LogP contribution in [-0.2, 0) is 10.8 Å². The molecule has 19 heavy (non-hydrogen) atoms. The third-order valence-electron chi connectivity index (χ3n) is 2.53. The number of aromatic nitrogens is 1. The van der Waals surface area contributed by atoms with Gasteiger partial charge in [-0.25, -0.2) is 4.98 Å². The van der Waals surface area contributed by atoms with Crippen molar-refractivity contribution in [3.05, 3.63) is 28.5 Å². The summed E-state index contributed by atoms with van der Waals surface area (Å²) in [6, 6.07) is 3.13. The number of hydrogen-bond donors (Lipinski definition) is 1. The predicted octanol–water partition coefficient (Wildman–Crippen LogP) is 2.36. The summed E-state index contributed by atoms with van der Waals surface area (Å²) in [6.07, 6.45) is 1.61. The van der Waals surface area contributed by atoms with Crippen molar-refractivity contribution < 1.29 is 9.00 Å². The molecule has 1 amide bonds. The first-order valence-electron chi connectivity index (χ1n) is 6.08. The van der Waals surface area contributed by atoms with E-state index in [1.807, 2.05) is 20.8 Å². The highest BCUT2D eigenvalue weighted by Crippen LogP contribution is 2.17. The average molecular weight is 303 g/mol. The monoisotopic (exact) mass is 302 g/mol. The molecule has 1 heterocycles. The van der Waals surface area contributed by atoms with Crippen LogP contribution in [-0.4, -0.2) is 33.2 Å². The number of carbonyl (C=O) groups excluding carboxylic acids is 1. The molecule has 1 N–H and O–H groups in total. The van der Waals surface area contributed by atoms with Gasteiger partial charge in [0.2, 0.25) is 0 Å². The van der Waals surface area contributed by atoms with Gasteiger partial charge in [0.05, 0.1) is 0 Å². The van der Waals surface area contributed by atoms with Gasteiger partial charge in [0.1, 0.15) is 5.15 Å². The van der Waals surface area contributed by atoms with Crippen molar-refractivity contribution in [2.75, 3.05) is 12.0 Å². The van der Waals surface area contributed by atoms with E-state index in [0.717, 1.165) is 5.69 Å². The Morgan fingerprint density at radius 2 is 2.05 bits per heavy atom. The lowest BCUT2D eigenvalue weighted by atomic mass is 10.1. The highest BCUT2D eigenvalue weighted by molar-refractivity contribution is 7.84. The Kier molecular flexibility index (Phi) is 5.94. The van der Waals surface area contributed by atoms with Gasteiger partial charge in [-0.05, 0) is 25.0 Å². The van der Waals surface area contributed by atoms with Crippen LogP contribution in [0.25, 0.3) is 0 Å². The van der Waals surface area contributed by atoms with E-state index in [-0.39, 0.29) is 17.9 Å². The van der Waals surface area contributed by atoms with Crippen molar-refractivity contribution in [1.29, 1.82) is 0 Å². The highest BCUT2D eigenvalue weighted by atomic mass is 35.5. The summed E-state index contributed by atoms with van der Waals surface area (Å²) in [4.78, 5) is 16.2. The SMILES string of the molecule is CC(CS(C)=O)NC(=O)c1cc(Cl)nc(C(C)C)c1. The molecule has 0 saturated carbocycles. The zero-order valence-corrected chi connectivity index (χ0v) is 13.1. The Morgan fingerprint density at radius 1 is 1.42 bits per heavy atom. The molecule has 0 saturated heterocycles. The summed E-state index contributed by atoms with van der Waals surface area (Å²) >= 11 is 5.92. The van der Waals surface area contributed by atoms with Crippen LogP contribution in [0, 0.1) is 0 Å². The fourth-order valence-electron chi connectivity index (χ4n) is 1.64. The van der Waals surface area contributed by atoms with E-state index in [4.69, 9.17) is 11.6 Å². The third-order valence-corrected chi connectivity index (χ3v) is 3.69. The fourth-order valence-corrected chi connectivity index (χ4v) is 2.65. The van der Waals surface area contributed by atoms with E-state index in [0.29, 0.717) is 16.5 Å². The Labute approximate surface area is 121 Å². The maximum atomic E-state index is 12.1.